The van der Waals surface area contributed by atoms with Gasteiger partial charge in [-0.25, -0.2) is 0 Å². The Labute approximate surface area is 130 Å². The highest BCUT2D eigenvalue weighted by Gasteiger charge is 2.29. The Morgan fingerprint density at radius 1 is 1.35 bits per heavy atom. The number of hydrogen-bond donors (Lipinski definition) is 1. The molecule has 2 unspecified atom stereocenters. The Morgan fingerprint density at radius 2 is 2.35 bits per heavy atom. The summed E-state index contributed by atoms with van der Waals surface area (Å²) in [4.78, 5) is 6.11. The first-order valence-corrected chi connectivity index (χ1v) is 9.82. The van der Waals surface area contributed by atoms with Gasteiger partial charge in [-0.3, -0.25) is 0 Å². The lowest BCUT2D eigenvalue weighted by Crippen LogP contribution is -2.29. The van der Waals surface area contributed by atoms with Crippen molar-refractivity contribution in [1.29, 1.82) is 0 Å². The summed E-state index contributed by atoms with van der Waals surface area (Å²) < 4.78 is 5.54. The molecule has 0 spiro atoms. The SMILES string of the molecule is c1cc2c(s1)CCNC2c1nc(C2CSCCS2)no1. The standard InChI is InChI=1S/C13H15N3OS3/c1-3-14-11(8-2-4-19-9(1)8)13-15-12(16-17-13)10-7-18-5-6-20-10/h2,4,10-11,14H,1,3,5-7H2. The van der Waals surface area contributed by atoms with E-state index in [4.69, 9.17) is 4.52 Å². The van der Waals surface area contributed by atoms with Crippen molar-refractivity contribution in [2.45, 2.75) is 17.7 Å². The first kappa shape index (κ1) is 13.2. The van der Waals surface area contributed by atoms with Crippen LogP contribution < -0.4 is 5.32 Å². The maximum absolute atomic E-state index is 5.54. The van der Waals surface area contributed by atoms with Gasteiger partial charge in [0.05, 0.1) is 5.25 Å². The van der Waals surface area contributed by atoms with E-state index in [1.807, 2.05) is 34.9 Å². The third-order valence-electron chi connectivity index (χ3n) is 3.60. The largest absolute Gasteiger partial charge is 0.337 e. The summed E-state index contributed by atoms with van der Waals surface area (Å²) in [5.74, 6) is 5.08. The molecule has 0 amide bonds. The van der Waals surface area contributed by atoms with Crippen molar-refractivity contribution in [3.63, 3.8) is 0 Å². The number of aromatic nitrogens is 2. The van der Waals surface area contributed by atoms with Crippen molar-refractivity contribution in [2.75, 3.05) is 23.8 Å². The topological polar surface area (TPSA) is 51.0 Å². The predicted molar refractivity (Wildman–Crippen MR) is 84.7 cm³/mol. The highest BCUT2D eigenvalue weighted by molar-refractivity contribution is 8.06. The van der Waals surface area contributed by atoms with Gasteiger partial charge in [-0.05, 0) is 23.4 Å². The number of hydrogen-bond acceptors (Lipinski definition) is 7. The summed E-state index contributed by atoms with van der Waals surface area (Å²) in [6.07, 6.45) is 1.10. The van der Waals surface area contributed by atoms with Gasteiger partial charge in [0.15, 0.2) is 5.82 Å². The molecule has 4 rings (SSSR count). The molecule has 4 nitrogen and oxygen atoms in total. The number of nitrogens with zero attached hydrogens (tertiary/aromatic N) is 2. The minimum absolute atomic E-state index is 0.0764. The molecule has 1 N–H and O–H groups in total. The van der Waals surface area contributed by atoms with Crippen LogP contribution in [0.5, 0.6) is 0 Å². The lowest BCUT2D eigenvalue weighted by molar-refractivity contribution is 0.341. The molecule has 2 aromatic heterocycles. The molecule has 1 fully saturated rings. The number of thiophene rings is 1. The maximum atomic E-state index is 5.54. The van der Waals surface area contributed by atoms with E-state index in [0.717, 1.165) is 30.4 Å². The van der Waals surface area contributed by atoms with Crippen LogP contribution >= 0.6 is 34.9 Å². The van der Waals surface area contributed by atoms with Gasteiger partial charge in [0.1, 0.15) is 6.04 Å². The molecule has 0 saturated carbocycles. The average molecular weight is 325 g/mol. The molecule has 2 aliphatic heterocycles. The third-order valence-corrected chi connectivity index (χ3v) is 7.35. The molecule has 0 radical (unpaired) electrons. The van der Waals surface area contributed by atoms with Crippen LogP contribution in [0.1, 0.15) is 33.4 Å². The molecule has 106 valence electrons. The fourth-order valence-corrected chi connectivity index (χ4v) is 6.11. The van der Waals surface area contributed by atoms with E-state index in [0.29, 0.717) is 5.25 Å². The van der Waals surface area contributed by atoms with Crippen LogP contribution in [0.25, 0.3) is 0 Å². The number of rotatable bonds is 2. The molecular weight excluding hydrogens is 310 g/mol. The van der Waals surface area contributed by atoms with E-state index in [9.17, 15) is 0 Å². The summed E-state index contributed by atoms with van der Waals surface area (Å²) in [5.41, 5.74) is 1.31. The molecule has 0 aromatic carbocycles. The van der Waals surface area contributed by atoms with Gasteiger partial charge in [-0.2, -0.15) is 16.7 Å². The molecule has 20 heavy (non-hydrogen) atoms. The summed E-state index contributed by atoms with van der Waals surface area (Å²) in [6.45, 7) is 0.976. The van der Waals surface area contributed by atoms with Crippen LogP contribution in [-0.2, 0) is 6.42 Å². The Hall–Kier alpha value is -0.500. The lowest BCUT2D eigenvalue weighted by atomic mass is 10.0. The van der Waals surface area contributed by atoms with Crippen LogP contribution in [0.2, 0.25) is 0 Å². The molecule has 2 atom stereocenters. The quantitative estimate of drug-likeness (QED) is 0.916. The van der Waals surface area contributed by atoms with Gasteiger partial charge in [0.25, 0.3) is 0 Å². The number of fused-ring (bicyclic) bond motifs is 1. The molecule has 2 aromatic rings. The van der Waals surface area contributed by atoms with Gasteiger partial charge in [0.2, 0.25) is 5.89 Å². The number of nitrogens with one attached hydrogen (secondary N) is 1. The third kappa shape index (κ3) is 2.41. The normalized spacial score (nSPS) is 26.4. The van der Waals surface area contributed by atoms with Crippen LogP contribution in [0.4, 0.5) is 0 Å². The molecule has 1 saturated heterocycles. The van der Waals surface area contributed by atoms with Crippen LogP contribution in [0.3, 0.4) is 0 Å². The Kier molecular flexibility index (Phi) is 3.76. The Bertz CT molecular complexity index is 591. The zero-order valence-corrected chi connectivity index (χ0v) is 13.3. The minimum atomic E-state index is 0.0764. The molecule has 2 aliphatic rings. The van der Waals surface area contributed by atoms with Crippen molar-refractivity contribution in [1.82, 2.24) is 15.5 Å². The van der Waals surface area contributed by atoms with E-state index in [1.54, 1.807) is 0 Å². The molecule has 7 heteroatoms. The average Bonchev–Trinajstić information content (AvgIpc) is 3.17. The van der Waals surface area contributed by atoms with Gasteiger partial charge in [-0.15, -0.1) is 23.1 Å². The number of thioether (sulfide) groups is 2. The van der Waals surface area contributed by atoms with Crippen LogP contribution in [-0.4, -0.2) is 33.9 Å². The molecular formula is C13H15N3OS3. The molecule has 0 aliphatic carbocycles. The van der Waals surface area contributed by atoms with Crippen molar-refractivity contribution in [3.05, 3.63) is 33.6 Å². The monoisotopic (exact) mass is 325 g/mol. The smallest absolute Gasteiger partial charge is 0.248 e. The van der Waals surface area contributed by atoms with Crippen molar-refractivity contribution < 1.29 is 4.52 Å². The zero-order chi connectivity index (χ0) is 13.4. The van der Waals surface area contributed by atoms with Gasteiger partial charge >= 0.3 is 0 Å². The Morgan fingerprint density at radius 3 is 3.25 bits per heavy atom. The fraction of sp³-hybridized carbons (Fsp3) is 0.538. The van der Waals surface area contributed by atoms with E-state index >= 15 is 0 Å². The molecule has 4 heterocycles. The summed E-state index contributed by atoms with van der Waals surface area (Å²) in [7, 11) is 0. The second-order valence-corrected chi connectivity index (χ2v) is 8.32. The second kappa shape index (κ2) is 5.71. The first-order chi connectivity index (χ1) is 9.92. The van der Waals surface area contributed by atoms with Crippen molar-refractivity contribution in [2.24, 2.45) is 0 Å². The van der Waals surface area contributed by atoms with E-state index in [2.05, 4.69) is 26.9 Å². The molecule has 0 bridgehead atoms. The summed E-state index contributed by atoms with van der Waals surface area (Å²) >= 11 is 5.74. The minimum Gasteiger partial charge on any atom is -0.337 e. The van der Waals surface area contributed by atoms with Crippen molar-refractivity contribution >= 4 is 34.9 Å². The van der Waals surface area contributed by atoms with Crippen molar-refractivity contribution in [3.8, 4) is 0 Å². The second-order valence-electron chi connectivity index (χ2n) is 4.86. The fourth-order valence-electron chi connectivity index (χ4n) is 2.60. The van der Waals surface area contributed by atoms with E-state index in [-0.39, 0.29) is 6.04 Å². The summed E-state index contributed by atoms with van der Waals surface area (Å²) in [6, 6.07) is 2.25. The predicted octanol–water partition coefficient (Wildman–Crippen LogP) is 2.89. The maximum Gasteiger partial charge on any atom is 0.248 e. The van der Waals surface area contributed by atoms with Gasteiger partial charge < -0.3 is 9.84 Å². The van der Waals surface area contributed by atoms with Crippen LogP contribution in [0.15, 0.2) is 16.0 Å². The van der Waals surface area contributed by atoms with E-state index < -0.39 is 0 Å². The first-order valence-electron chi connectivity index (χ1n) is 6.74. The van der Waals surface area contributed by atoms with Gasteiger partial charge in [0, 0.05) is 28.7 Å². The zero-order valence-electron chi connectivity index (χ0n) is 10.9. The highest BCUT2D eigenvalue weighted by Crippen LogP contribution is 2.37. The highest BCUT2D eigenvalue weighted by atomic mass is 32.2. The van der Waals surface area contributed by atoms with E-state index in [1.165, 1.54) is 21.9 Å². The lowest BCUT2D eigenvalue weighted by Gasteiger charge is -2.21. The van der Waals surface area contributed by atoms with Gasteiger partial charge in [-0.1, -0.05) is 5.16 Å². The summed E-state index contributed by atoms with van der Waals surface area (Å²) in [5, 5.41) is 10.2. The Balaban J connectivity index is 1.60. The van der Waals surface area contributed by atoms with Crippen LogP contribution in [0, 0.1) is 0 Å².